The summed E-state index contributed by atoms with van der Waals surface area (Å²) in [5.41, 5.74) is 12.0. The first-order chi connectivity index (χ1) is 10.3. The summed E-state index contributed by atoms with van der Waals surface area (Å²) < 4.78 is 0. The van der Waals surface area contributed by atoms with Crippen LogP contribution in [0.2, 0.25) is 0 Å². The van der Waals surface area contributed by atoms with Gasteiger partial charge in [-0.05, 0) is 54.0 Å². The summed E-state index contributed by atoms with van der Waals surface area (Å²) in [5.74, 6) is 0.276. The fourth-order valence-electron chi connectivity index (χ4n) is 2.66. The second-order valence-corrected chi connectivity index (χ2v) is 4.93. The van der Waals surface area contributed by atoms with E-state index in [0.717, 1.165) is 28.7 Å². The third-order valence-electron chi connectivity index (χ3n) is 3.58. The Balaban J connectivity index is 2.26. The Bertz CT molecular complexity index is 800. The summed E-state index contributed by atoms with van der Waals surface area (Å²) in [4.78, 5) is 0. The predicted molar refractivity (Wildman–Crippen MR) is 86.8 cm³/mol. The molecule has 0 radical (unpaired) electrons. The number of aromatic hydroxyl groups is 1. The van der Waals surface area contributed by atoms with Crippen LogP contribution >= 0.6 is 0 Å². The van der Waals surface area contributed by atoms with Crippen molar-refractivity contribution < 1.29 is 5.11 Å². The Morgan fingerprint density at radius 1 is 1.05 bits per heavy atom. The largest absolute Gasteiger partial charge is 0.508 e. The molecule has 1 aromatic carbocycles. The monoisotopic (exact) mass is 272 g/mol. The summed E-state index contributed by atoms with van der Waals surface area (Å²) in [6.45, 7) is 2.14. The molecule has 102 valence electrons. The van der Waals surface area contributed by atoms with Gasteiger partial charge in [0.2, 0.25) is 0 Å². The zero-order valence-corrected chi connectivity index (χ0v) is 11.9. The molecule has 0 fully saturated rings. The van der Waals surface area contributed by atoms with Crippen LogP contribution in [0.5, 0.6) is 5.75 Å². The van der Waals surface area contributed by atoms with Gasteiger partial charge in [-0.3, -0.25) is 0 Å². The fourth-order valence-corrected chi connectivity index (χ4v) is 2.66. The molecule has 1 N–H and O–H groups in total. The maximum absolute atomic E-state index is 9.80. The van der Waals surface area contributed by atoms with Crippen LogP contribution in [0.4, 0.5) is 0 Å². The number of phenols is 1. The smallest absolute Gasteiger partial charge is 0.116 e. The van der Waals surface area contributed by atoms with Crippen LogP contribution in [0.25, 0.3) is 5.57 Å². The van der Waals surface area contributed by atoms with E-state index in [-0.39, 0.29) is 5.75 Å². The second kappa shape index (κ2) is 5.73. The molecule has 21 heavy (non-hydrogen) atoms. The van der Waals surface area contributed by atoms with Gasteiger partial charge in [-0.2, -0.15) is 0 Å². The van der Waals surface area contributed by atoms with Crippen molar-refractivity contribution in [1.82, 2.24) is 0 Å². The van der Waals surface area contributed by atoms with E-state index in [4.69, 9.17) is 0 Å². The third-order valence-corrected chi connectivity index (χ3v) is 3.58. The molecule has 0 atom stereocenters. The van der Waals surface area contributed by atoms with E-state index < -0.39 is 0 Å². The van der Waals surface area contributed by atoms with Crippen LogP contribution in [0, 0.1) is 0 Å². The maximum atomic E-state index is 9.80. The van der Waals surface area contributed by atoms with E-state index in [1.807, 2.05) is 36.4 Å². The topological polar surface area (TPSA) is 20.2 Å². The van der Waals surface area contributed by atoms with Gasteiger partial charge in [-0.1, -0.05) is 31.2 Å². The molecule has 0 bridgehead atoms. The lowest BCUT2D eigenvalue weighted by atomic mass is 9.89. The van der Waals surface area contributed by atoms with Gasteiger partial charge in [0, 0.05) is 16.7 Å². The van der Waals surface area contributed by atoms with Crippen LogP contribution in [0.15, 0.2) is 88.9 Å². The molecular weight excluding hydrogens is 256 g/mol. The number of phenolic OH excluding ortho intramolecular Hbond substituents is 1. The molecule has 0 heterocycles. The minimum Gasteiger partial charge on any atom is -0.508 e. The Labute approximate surface area is 124 Å². The molecule has 1 nitrogen and oxygen atoms in total. The van der Waals surface area contributed by atoms with Crippen LogP contribution in [-0.2, 0) is 0 Å². The van der Waals surface area contributed by atoms with Crippen molar-refractivity contribution in [3.05, 3.63) is 94.5 Å². The van der Waals surface area contributed by atoms with Crippen molar-refractivity contribution in [2.45, 2.75) is 13.3 Å². The lowest BCUT2D eigenvalue weighted by Gasteiger charge is -2.14. The van der Waals surface area contributed by atoms with E-state index in [0.29, 0.717) is 0 Å². The molecule has 0 aliphatic heterocycles. The van der Waals surface area contributed by atoms with Crippen molar-refractivity contribution >= 4 is 5.57 Å². The van der Waals surface area contributed by atoms with Gasteiger partial charge in [0.05, 0.1) is 0 Å². The van der Waals surface area contributed by atoms with Gasteiger partial charge < -0.3 is 5.11 Å². The third kappa shape index (κ3) is 2.61. The van der Waals surface area contributed by atoms with Gasteiger partial charge in [0.1, 0.15) is 5.75 Å². The fraction of sp³-hybridized carbons (Fsp3) is 0.100. The highest BCUT2D eigenvalue weighted by molar-refractivity contribution is 5.88. The molecule has 2 aliphatic carbocycles. The van der Waals surface area contributed by atoms with Crippen molar-refractivity contribution in [1.29, 1.82) is 0 Å². The van der Waals surface area contributed by atoms with Gasteiger partial charge in [0.15, 0.2) is 0 Å². The summed E-state index contributed by atoms with van der Waals surface area (Å²) in [6, 6.07) is 7.38. The van der Waals surface area contributed by atoms with Gasteiger partial charge in [0.25, 0.3) is 0 Å². The lowest BCUT2D eigenvalue weighted by molar-refractivity contribution is 0.475. The highest BCUT2D eigenvalue weighted by atomic mass is 16.3. The standard InChI is InChI=1S/C20H16O/c1-2-19(15-8-3-4-9-15)20(16-10-5-6-11-16)17-12-7-13-18(21)14-17/h3-8,10,12-14,21H,2H2,1H3/b20-19+. The van der Waals surface area contributed by atoms with Crippen molar-refractivity contribution in [3.63, 3.8) is 0 Å². The first-order valence-electron chi connectivity index (χ1n) is 7.09. The van der Waals surface area contributed by atoms with Gasteiger partial charge in [-0.15, -0.1) is 11.5 Å². The molecule has 1 heteroatoms. The van der Waals surface area contributed by atoms with Crippen LogP contribution in [-0.4, -0.2) is 5.11 Å². The highest BCUT2D eigenvalue weighted by Gasteiger charge is 2.15. The molecule has 3 rings (SSSR count). The summed E-state index contributed by atoms with van der Waals surface area (Å²) >= 11 is 0. The Morgan fingerprint density at radius 2 is 1.76 bits per heavy atom. The molecule has 2 aliphatic rings. The lowest BCUT2D eigenvalue weighted by Crippen LogP contribution is -1.95. The second-order valence-electron chi connectivity index (χ2n) is 4.93. The van der Waals surface area contributed by atoms with E-state index in [1.165, 1.54) is 5.57 Å². The number of benzene rings is 1. The quantitative estimate of drug-likeness (QED) is 0.776. The first-order valence-corrected chi connectivity index (χ1v) is 7.09. The summed E-state index contributed by atoms with van der Waals surface area (Å²) in [6.07, 6.45) is 12.9. The normalized spacial score (nSPS) is 16.2. The predicted octanol–water partition coefficient (Wildman–Crippen LogP) is 4.86. The Morgan fingerprint density at radius 3 is 2.33 bits per heavy atom. The highest BCUT2D eigenvalue weighted by Crippen LogP contribution is 2.35. The van der Waals surface area contributed by atoms with Crippen molar-refractivity contribution in [2.75, 3.05) is 0 Å². The zero-order chi connectivity index (χ0) is 14.7. The van der Waals surface area contributed by atoms with Crippen LogP contribution in [0.3, 0.4) is 0 Å². The molecular formula is C20H16O. The molecule has 0 spiro atoms. The van der Waals surface area contributed by atoms with E-state index in [2.05, 4.69) is 30.5 Å². The molecule has 0 aromatic heterocycles. The number of rotatable bonds is 4. The molecule has 0 amide bonds. The molecule has 0 unspecified atom stereocenters. The minimum absolute atomic E-state index is 0.276. The number of allylic oxidation sites excluding steroid dienone is 8. The Hall–Kier alpha value is -2.72. The van der Waals surface area contributed by atoms with Crippen LogP contribution in [0.1, 0.15) is 18.9 Å². The average molecular weight is 272 g/mol. The first kappa shape index (κ1) is 13.3. The van der Waals surface area contributed by atoms with Crippen LogP contribution < -0.4 is 0 Å². The summed E-state index contributed by atoms with van der Waals surface area (Å²) in [7, 11) is 0. The van der Waals surface area contributed by atoms with E-state index in [9.17, 15) is 5.11 Å². The minimum atomic E-state index is 0.276. The van der Waals surface area contributed by atoms with Crippen molar-refractivity contribution in [3.8, 4) is 5.75 Å². The molecule has 0 saturated heterocycles. The summed E-state index contributed by atoms with van der Waals surface area (Å²) in [5, 5.41) is 9.80. The average Bonchev–Trinajstić information content (AvgIpc) is 3.17. The van der Waals surface area contributed by atoms with E-state index >= 15 is 0 Å². The number of hydrogen-bond acceptors (Lipinski definition) is 1. The van der Waals surface area contributed by atoms with Crippen molar-refractivity contribution in [2.24, 2.45) is 0 Å². The van der Waals surface area contributed by atoms with Gasteiger partial charge in [-0.25, -0.2) is 0 Å². The maximum Gasteiger partial charge on any atom is 0.116 e. The molecule has 1 aromatic rings. The molecule has 0 saturated carbocycles. The Kier molecular flexibility index (Phi) is 3.62. The van der Waals surface area contributed by atoms with E-state index in [1.54, 1.807) is 12.1 Å². The van der Waals surface area contributed by atoms with Gasteiger partial charge >= 0.3 is 0 Å². The SMILES string of the molecule is CC/C(C1=C=CC=C1)=C(/C1=C=CC=C1)c1cccc(O)c1. The number of hydrogen-bond donors (Lipinski definition) is 1. The zero-order valence-electron chi connectivity index (χ0n) is 11.9.